The van der Waals surface area contributed by atoms with Crippen molar-refractivity contribution in [2.24, 2.45) is 7.05 Å². The lowest BCUT2D eigenvalue weighted by Gasteiger charge is -2.23. The van der Waals surface area contributed by atoms with E-state index in [1.807, 2.05) is 24.0 Å². The summed E-state index contributed by atoms with van der Waals surface area (Å²) in [5.41, 5.74) is 3.87. The summed E-state index contributed by atoms with van der Waals surface area (Å²) in [6.45, 7) is 7.50. The lowest BCUT2D eigenvalue weighted by atomic mass is 9.86. The molecule has 0 saturated carbocycles. The molecule has 0 radical (unpaired) electrons. The highest BCUT2D eigenvalue weighted by molar-refractivity contribution is 5.54. The van der Waals surface area contributed by atoms with Gasteiger partial charge in [0.05, 0.1) is 12.2 Å². The molecule has 1 heterocycles. The first-order chi connectivity index (χ1) is 8.48. The average Bonchev–Trinajstić information content (AvgIpc) is 2.71. The number of aryl methyl sites for hydroxylation is 1. The Hall–Kier alpha value is -1.77. The fourth-order valence-electron chi connectivity index (χ4n) is 2.05. The van der Waals surface area contributed by atoms with Crippen LogP contribution < -0.4 is 5.32 Å². The molecule has 0 spiro atoms. The molecule has 0 fully saturated rings. The van der Waals surface area contributed by atoms with E-state index in [-0.39, 0.29) is 5.41 Å². The Morgan fingerprint density at radius 1 is 1.17 bits per heavy atom. The van der Waals surface area contributed by atoms with E-state index in [2.05, 4.69) is 55.5 Å². The zero-order valence-corrected chi connectivity index (χ0v) is 11.6. The maximum absolute atomic E-state index is 4.18. The van der Waals surface area contributed by atoms with Crippen LogP contribution in [0.2, 0.25) is 0 Å². The predicted octanol–water partition coefficient (Wildman–Crippen LogP) is 3.33. The van der Waals surface area contributed by atoms with E-state index < -0.39 is 0 Å². The summed E-state index contributed by atoms with van der Waals surface area (Å²) in [6.07, 6.45) is 1.83. The summed E-state index contributed by atoms with van der Waals surface area (Å²) in [6, 6.07) is 10.5. The van der Waals surface area contributed by atoms with E-state index in [9.17, 15) is 0 Å². The van der Waals surface area contributed by atoms with Gasteiger partial charge in [0.2, 0.25) is 0 Å². The first-order valence-corrected chi connectivity index (χ1v) is 6.29. The van der Waals surface area contributed by atoms with Gasteiger partial charge in [0.1, 0.15) is 0 Å². The molecule has 0 saturated heterocycles. The lowest BCUT2D eigenvalue weighted by molar-refractivity contribution is 0.591. The van der Waals surface area contributed by atoms with Crippen molar-refractivity contribution in [3.05, 3.63) is 47.8 Å². The Kier molecular flexibility index (Phi) is 3.41. The Morgan fingerprint density at radius 3 is 2.50 bits per heavy atom. The highest BCUT2D eigenvalue weighted by atomic mass is 15.3. The Balaban J connectivity index is 2.17. The zero-order chi connectivity index (χ0) is 13.2. The van der Waals surface area contributed by atoms with E-state index in [1.165, 1.54) is 16.9 Å². The smallest absolute Gasteiger partial charge is 0.0571 e. The van der Waals surface area contributed by atoms with Gasteiger partial charge in [-0.2, -0.15) is 5.10 Å². The zero-order valence-electron chi connectivity index (χ0n) is 11.6. The number of hydrogen-bond acceptors (Lipinski definition) is 2. The second-order valence-corrected chi connectivity index (χ2v) is 5.60. The molecule has 2 rings (SSSR count). The van der Waals surface area contributed by atoms with Gasteiger partial charge in [0.25, 0.3) is 0 Å². The molecule has 96 valence electrons. The van der Waals surface area contributed by atoms with E-state index in [1.54, 1.807) is 0 Å². The van der Waals surface area contributed by atoms with Crippen molar-refractivity contribution in [1.29, 1.82) is 0 Å². The maximum Gasteiger partial charge on any atom is 0.0571 e. The van der Waals surface area contributed by atoms with Crippen LogP contribution in [-0.2, 0) is 19.0 Å². The first-order valence-electron chi connectivity index (χ1n) is 6.29. The van der Waals surface area contributed by atoms with Gasteiger partial charge < -0.3 is 5.32 Å². The minimum Gasteiger partial charge on any atom is -0.379 e. The van der Waals surface area contributed by atoms with Crippen molar-refractivity contribution < 1.29 is 0 Å². The largest absolute Gasteiger partial charge is 0.379 e. The Morgan fingerprint density at radius 2 is 1.89 bits per heavy atom. The third-order valence-corrected chi connectivity index (χ3v) is 3.12. The number of anilines is 1. The topological polar surface area (TPSA) is 29.9 Å². The predicted molar refractivity (Wildman–Crippen MR) is 75.7 cm³/mol. The molecule has 1 N–H and O–H groups in total. The van der Waals surface area contributed by atoms with Crippen LogP contribution in [0.25, 0.3) is 0 Å². The molecule has 3 nitrogen and oxygen atoms in total. The molecule has 2 aromatic rings. The van der Waals surface area contributed by atoms with Crippen molar-refractivity contribution in [1.82, 2.24) is 9.78 Å². The van der Waals surface area contributed by atoms with Crippen LogP contribution in [0.3, 0.4) is 0 Å². The van der Waals surface area contributed by atoms with Gasteiger partial charge in [-0.15, -0.1) is 0 Å². The van der Waals surface area contributed by atoms with Gasteiger partial charge in [-0.3, -0.25) is 4.68 Å². The van der Waals surface area contributed by atoms with Crippen LogP contribution >= 0.6 is 0 Å². The normalized spacial score (nSPS) is 11.6. The Bertz CT molecular complexity index is 521. The summed E-state index contributed by atoms with van der Waals surface area (Å²) in [4.78, 5) is 0. The molecule has 1 aromatic heterocycles. The molecular formula is C15H21N3. The molecule has 0 aliphatic heterocycles. The van der Waals surface area contributed by atoms with Crippen LogP contribution in [0.4, 0.5) is 5.69 Å². The second kappa shape index (κ2) is 4.84. The van der Waals surface area contributed by atoms with Crippen molar-refractivity contribution in [2.75, 3.05) is 5.32 Å². The number of aromatic nitrogens is 2. The monoisotopic (exact) mass is 243 g/mol. The van der Waals surface area contributed by atoms with E-state index in [4.69, 9.17) is 0 Å². The summed E-state index contributed by atoms with van der Waals surface area (Å²) >= 11 is 0. The standard InChI is InChI=1S/C15H21N3/c1-15(2,3)13-7-5-6-8-14(13)16-11-12-9-10-17-18(12)4/h5-10,16H,11H2,1-4H3. The van der Waals surface area contributed by atoms with E-state index in [0.717, 1.165) is 6.54 Å². The van der Waals surface area contributed by atoms with E-state index >= 15 is 0 Å². The SMILES string of the molecule is Cn1nccc1CNc1ccccc1C(C)(C)C. The van der Waals surface area contributed by atoms with Crippen LogP contribution in [0.15, 0.2) is 36.5 Å². The van der Waals surface area contributed by atoms with Crippen LogP contribution in [0.1, 0.15) is 32.0 Å². The van der Waals surface area contributed by atoms with Crippen molar-refractivity contribution in [2.45, 2.75) is 32.7 Å². The van der Waals surface area contributed by atoms with Gasteiger partial charge in [-0.05, 0) is 23.1 Å². The number of para-hydroxylation sites is 1. The molecule has 0 aliphatic rings. The average molecular weight is 243 g/mol. The summed E-state index contributed by atoms with van der Waals surface area (Å²) in [7, 11) is 1.96. The third kappa shape index (κ3) is 2.73. The summed E-state index contributed by atoms with van der Waals surface area (Å²) in [5, 5.41) is 7.68. The van der Waals surface area contributed by atoms with Gasteiger partial charge in [0, 0.05) is 18.9 Å². The Labute approximate surface area is 109 Å². The molecule has 0 aliphatic carbocycles. The van der Waals surface area contributed by atoms with Crippen molar-refractivity contribution in [3.8, 4) is 0 Å². The van der Waals surface area contributed by atoms with Crippen molar-refractivity contribution in [3.63, 3.8) is 0 Å². The number of benzene rings is 1. The van der Waals surface area contributed by atoms with E-state index in [0.29, 0.717) is 0 Å². The van der Waals surface area contributed by atoms with Gasteiger partial charge in [-0.1, -0.05) is 39.0 Å². The summed E-state index contributed by atoms with van der Waals surface area (Å²) < 4.78 is 1.90. The van der Waals surface area contributed by atoms with Gasteiger partial charge in [0.15, 0.2) is 0 Å². The molecule has 0 amide bonds. The highest BCUT2D eigenvalue weighted by Gasteiger charge is 2.17. The minimum absolute atomic E-state index is 0.149. The van der Waals surface area contributed by atoms with Crippen LogP contribution in [0.5, 0.6) is 0 Å². The molecule has 0 unspecified atom stereocenters. The molecule has 1 aromatic carbocycles. The van der Waals surface area contributed by atoms with Gasteiger partial charge in [-0.25, -0.2) is 0 Å². The molecule has 18 heavy (non-hydrogen) atoms. The summed E-state index contributed by atoms with van der Waals surface area (Å²) in [5.74, 6) is 0. The molecular weight excluding hydrogens is 222 g/mol. The maximum atomic E-state index is 4.18. The fourth-order valence-corrected chi connectivity index (χ4v) is 2.05. The molecule has 0 atom stereocenters. The van der Waals surface area contributed by atoms with Crippen LogP contribution in [-0.4, -0.2) is 9.78 Å². The lowest BCUT2D eigenvalue weighted by Crippen LogP contribution is -2.15. The fraction of sp³-hybridized carbons (Fsp3) is 0.400. The molecule has 0 bridgehead atoms. The number of nitrogens with one attached hydrogen (secondary N) is 1. The minimum atomic E-state index is 0.149. The second-order valence-electron chi connectivity index (χ2n) is 5.60. The number of rotatable bonds is 3. The highest BCUT2D eigenvalue weighted by Crippen LogP contribution is 2.29. The van der Waals surface area contributed by atoms with Gasteiger partial charge >= 0.3 is 0 Å². The quantitative estimate of drug-likeness (QED) is 0.896. The number of nitrogens with zero attached hydrogens (tertiary/aromatic N) is 2. The number of hydrogen-bond donors (Lipinski definition) is 1. The third-order valence-electron chi connectivity index (χ3n) is 3.12. The first kappa shape index (κ1) is 12.7. The van der Waals surface area contributed by atoms with Crippen LogP contribution in [0, 0.1) is 0 Å². The molecule has 3 heteroatoms. The van der Waals surface area contributed by atoms with Crippen molar-refractivity contribution >= 4 is 5.69 Å².